The average Bonchev–Trinajstić information content (AvgIpc) is 2.81. The topological polar surface area (TPSA) is 71.8 Å². The first-order valence-electron chi connectivity index (χ1n) is 8.72. The molecule has 136 valence electrons. The summed E-state index contributed by atoms with van der Waals surface area (Å²) < 4.78 is 7.14. The van der Waals surface area contributed by atoms with Gasteiger partial charge in [0.05, 0.1) is 6.54 Å². The molecule has 2 amide bonds. The molecular formula is C18H25N3O4. The van der Waals surface area contributed by atoms with E-state index in [1.54, 1.807) is 28.3 Å². The van der Waals surface area contributed by atoms with Gasteiger partial charge in [-0.05, 0) is 32.4 Å². The van der Waals surface area contributed by atoms with Crippen LogP contribution in [0.3, 0.4) is 0 Å². The van der Waals surface area contributed by atoms with Crippen LogP contribution < -0.4 is 5.56 Å². The summed E-state index contributed by atoms with van der Waals surface area (Å²) in [6, 6.07) is 1.89. The highest BCUT2D eigenvalue weighted by Gasteiger charge is 2.46. The lowest BCUT2D eigenvalue weighted by molar-refractivity contribution is 0.00309. The Morgan fingerprint density at radius 3 is 2.40 bits per heavy atom. The number of carbonyl (C=O) groups excluding carboxylic acids is 2. The molecule has 1 spiro atoms. The molecular weight excluding hydrogens is 322 g/mol. The monoisotopic (exact) mass is 347 g/mol. The van der Waals surface area contributed by atoms with Crippen molar-refractivity contribution in [3.63, 3.8) is 0 Å². The first kappa shape index (κ1) is 17.5. The van der Waals surface area contributed by atoms with Crippen molar-refractivity contribution < 1.29 is 14.3 Å². The molecule has 1 aromatic rings. The third-order valence-corrected chi connectivity index (χ3v) is 5.34. The lowest BCUT2D eigenvalue weighted by Gasteiger charge is -2.37. The Morgan fingerprint density at radius 1 is 1.24 bits per heavy atom. The Kier molecular flexibility index (Phi) is 4.34. The van der Waals surface area contributed by atoms with Crippen LogP contribution in [0.2, 0.25) is 0 Å². The van der Waals surface area contributed by atoms with Crippen LogP contribution in [0.1, 0.15) is 41.4 Å². The third-order valence-electron chi connectivity index (χ3n) is 5.34. The Hall–Kier alpha value is -2.31. The third kappa shape index (κ3) is 2.92. The number of aromatic nitrogens is 1. The summed E-state index contributed by atoms with van der Waals surface area (Å²) >= 11 is 0. The molecule has 0 aliphatic carbocycles. The van der Waals surface area contributed by atoms with E-state index in [-0.39, 0.29) is 23.1 Å². The quantitative estimate of drug-likeness (QED) is 0.814. The van der Waals surface area contributed by atoms with Crippen molar-refractivity contribution >= 4 is 12.0 Å². The number of hydrogen-bond donors (Lipinski definition) is 0. The molecule has 0 bridgehead atoms. The standard InChI is InChI=1S/C18H25N3O4/c1-5-21-13(3)10-12(2)14(16(21)23)15(22)20-8-6-18(7-9-20)11-19(4)17(24)25-18/h10H,5-9,11H2,1-4H3. The average molecular weight is 347 g/mol. The van der Waals surface area contributed by atoms with Gasteiger partial charge in [-0.15, -0.1) is 0 Å². The number of piperidine rings is 1. The Balaban J connectivity index is 1.80. The SMILES string of the molecule is CCn1c(C)cc(C)c(C(=O)N2CCC3(CC2)CN(C)C(=O)O3)c1=O. The van der Waals surface area contributed by atoms with Gasteiger partial charge in [0.1, 0.15) is 11.2 Å². The van der Waals surface area contributed by atoms with Crippen molar-refractivity contribution in [3.8, 4) is 0 Å². The van der Waals surface area contributed by atoms with E-state index >= 15 is 0 Å². The van der Waals surface area contributed by atoms with Crippen molar-refractivity contribution in [1.29, 1.82) is 0 Å². The van der Waals surface area contributed by atoms with Gasteiger partial charge in [0.25, 0.3) is 11.5 Å². The zero-order valence-corrected chi connectivity index (χ0v) is 15.3. The van der Waals surface area contributed by atoms with E-state index in [0.717, 1.165) is 5.69 Å². The molecule has 2 aliphatic rings. The van der Waals surface area contributed by atoms with Crippen LogP contribution in [-0.4, -0.2) is 58.7 Å². The molecule has 2 saturated heterocycles. The van der Waals surface area contributed by atoms with Crippen LogP contribution in [-0.2, 0) is 11.3 Å². The zero-order valence-electron chi connectivity index (χ0n) is 15.3. The van der Waals surface area contributed by atoms with Gasteiger partial charge in [-0.2, -0.15) is 0 Å². The molecule has 3 rings (SSSR count). The number of amides is 2. The van der Waals surface area contributed by atoms with E-state index in [4.69, 9.17) is 4.74 Å². The number of pyridine rings is 1. The normalized spacial score (nSPS) is 19.4. The van der Waals surface area contributed by atoms with Gasteiger partial charge in [-0.25, -0.2) is 4.79 Å². The maximum absolute atomic E-state index is 12.9. The Morgan fingerprint density at radius 2 is 1.88 bits per heavy atom. The summed E-state index contributed by atoms with van der Waals surface area (Å²) in [6.07, 6.45) is 0.892. The minimum absolute atomic E-state index is 0.225. The van der Waals surface area contributed by atoms with Crippen molar-refractivity contribution in [2.45, 2.75) is 45.8 Å². The molecule has 3 heterocycles. The lowest BCUT2D eigenvalue weighted by Crippen LogP contribution is -2.49. The number of hydrogen-bond acceptors (Lipinski definition) is 4. The fourth-order valence-electron chi connectivity index (χ4n) is 3.91. The summed E-state index contributed by atoms with van der Waals surface area (Å²) in [5.41, 5.74) is 1.11. The number of carbonyl (C=O) groups is 2. The molecule has 7 heteroatoms. The molecule has 7 nitrogen and oxygen atoms in total. The van der Waals surface area contributed by atoms with Gasteiger partial charge in [0.2, 0.25) is 0 Å². The van der Waals surface area contributed by atoms with Crippen LogP contribution >= 0.6 is 0 Å². The Bertz CT molecular complexity index is 775. The van der Waals surface area contributed by atoms with Crippen molar-refractivity contribution in [2.24, 2.45) is 0 Å². The van der Waals surface area contributed by atoms with Gasteiger partial charge >= 0.3 is 6.09 Å². The van der Waals surface area contributed by atoms with E-state index in [9.17, 15) is 14.4 Å². The van der Waals surface area contributed by atoms with Crippen LogP contribution in [0, 0.1) is 13.8 Å². The molecule has 0 saturated carbocycles. The molecule has 0 unspecified atom stereocenters. The second kappa shape index (κ2) is 6.20. The minimum Gasteiger partial charge on any atom is -0.441 e. The van der Waals surface area contributed by atoms with Gasteiger partial charge in [-0.1, -0.05) is 0 Å². The Labute approximate surface area is 147 Å². The molecule has 0 aromatic carbocycles. The van der Waals surface area contributed by atoms with Crippen LogP contribution in [0.25, 0.3) is 0 Å². The summed E-state index contributed by atoms with van der Waals surface area (Å²) in [7, 11) is 1.72. The highest BCUT2D eigenvalue weighted by Crippen LogP contribution is 2.32. The van der Waals surface area contributed by atoms with E-state index in [2.05, 4.69) is 0 Å². The molecule has 1 aromatic heterocycles. The van der Waals surface area contributed by atoms with Crippen LogP contribution in [0.15, 0.2) is 10.9 Å². The number of likely N-dealkylation sites (N-methyl/N-ethyl adjacent to an activating group) is 1. The first-order valence-corrected chi connectivity index (χ1v) is 8.72. The van der Waals surface area contributed by atoms with E-state index in [1.165, 1.54) is 0 Å². The van der Waals surface area contributed by atoms with Crippen LogP contribution in [0.4, 0.5) is 4.79 Å². The molecule has 25 heavy (non-hydrogen) atoms. The van der Waals surface area contributed by atoms with E-state index < -0.39 is 5.60 Å². The summed E-state index contributed by atoms with van der Waals surface area (Å²) in [6.45, 7) is 7.64. The van der Waals surface area contributed by atoms with Crippen molar-refractivity contribution in [1.82, 2.24) is 14.4 Å². The summed E-state index contributed by atoms with van der Waals surface area (Å²) in [5, 5.41) is 0. The van der Waals surface area contributed by atoms with Crippen molar-refractivity contribution in [2.75, 3.05) is 26.7 Å². The predicted molar refractivity (Wildman–Crippen MR) is 92.8 cm³/mol. The molecule has 2 aliphatic heterocycles. The first-order chi connectivity index (χ1) is 11.8. The maximum Gasteiger partial charge on any atom is 0.410 e. The zero-order chi connectivity index (χ0) is 18.4. The smallest absolute Gasteiger partial charge is 0.410 e. The number of nitrogens with zero attached hydrogens (tertiary/aromatic N) is 3. The number of aryl methyl sites for hydroxylation is 2. The largest absolute Gasteiger partial charge is 0.441 e. The summed E-state index contributed by atoms with van der Waals surface area (Å²) in [4.78, 5) is 40.6. The number of likely N-dealkylation sites (tertiary alicyclic amines) is 1. The van der Waals surface area contributed by atoms with Gasteiger partial charge in [0, 0.05) is 45.2 Å². The lowest BCUT2D eigenvalue weighted by atomic mass is 9.91. The predicted octanol–water partition coefficient (Wildman–Crippen LogP) is 1.54. The molecule has 2 fully saturated rings. The highest BCUT2D eigenvalue weighted by atomic mass is 16.6. The van der Waals surface area contributed by atoms with Crippen LogP contribution in [0.5, 0.6) is 0 Å². The fourth-order valence-corrected chi connectivity index (χ4v) is 3.91. The van der Waals surface area contributed by atoms with E-state index in [1.807, 2.05) is 19.9 Å². The van der Waals surface area contributed by atoms with Gasteiger partial charge in [0.15, 0.2) is 0 Å². The molecule has 0 atom stereocenters. The molecule has 0 radical (unpaired) electrons. The highest BCUT2D eigenvalue weighted by molar-refractivity contribution is 5.95. The maximum atomic E-state index is 12.9. The van der Waals surface area contributed by atoms with E-state index in [0.29, 0.717) is 44.6 Å². The second-order valence-electron chi connectivity index (χ2n) is 7.09. The fraction of sp³-hybridized carbons (Fsp3) is 0.611. The second-order valence-corrected chi connectivity index (χ2v) is 7.09. The number of ether oxygens (including phenoxy) is 1. The minimum atomic E-state index is -0.492. The van der Waals surface area contributed by atoms with Gasteiger partial charge < -0.3 is 19.1 Å². The number of rotatable bonds is 2. The van der Waals surface area contributed by atoms with Crippen molar-refractivity contribution in [3.05, 3.63) is 33.2 Å². The molecule has 0 N–H and O–H groups in total. The van der Waals surface area contributed by atoms with Gasteiger partial charge in [-0.3, -0.25) is 9.59 Å². The summed E-state index contributed by atoms with van der Waals surface area (Å²) in [5.74, 6) is -0.225.